The van der Waals surface area contributed by atoms with Crippen molar-refractivity contribution in [2.45, 2.75) is 13.3 Å². The van der Waals surface area contributed by atoms with Gasteiger partial charge in [0.15, 0.2) is 5.82 Å². The van der Waals surface area contributed by atoms with Gasteiger partial charge in [0.2, 0.25) is 5.75 Å². The minimum Gasteiger partial charge on any atom is -0.489 e. The summed E-state index contributed by atoms with van der Waals surface area (Å²) in [5.41, 5.74) is -0.224. The second kappa shape index (κ2) is 5.86. The number of rotatable bonds is 4. The van der Waals surface area contributed by atoms with Crippen molar-refractivity contribution < 1.29 is 4.74 Å². The summed E-state index contributed by atoms with van der Waals surface area (Å²) in [5, 5.41) is 0. The van der Waals surface area contributed by atoms with Crippen LogP contribution in [0.1, 0.15) is 13.3 Å². The molecule has 2 rings (SSSR count). The summed E-state index contributed by atoms with van der Waals surface area (Å²) in [4.78, 5) is 22.9. The van der Waals surface area contributed by atoms with Crippen LogP contribution in [0, 0.1) is 0 Å². The molecular weight excluding hydrogens is 232 g/mol. The maximum atomic E-state index is 11.6. The molecule has 0 spiro atoms. The van der Waals surface area contributed by atoms with Gasteiger partial charge in [-0.15, -0.1) is 0 Å². The van der Waals surface area contributed by atoms with E-state index in [1.165, 1.54) is 19.9 Å². The highest BCUT2D eigenvalue weighted by Crippen LogP contribution is 2.21. The van der Waals surface area contributed by atoms with Gasteiger partial charge in [-0.05, 0) is 13.0 Å². The van der Waals surface area contributed by atoms with Crippen molar-refractivity contribution in [3.63, 3.8) is 0 Å². The molecule has 2 heterocycles. The second-order valence-electron chi connectivity index (χ2n) is 4.42. The summed E-state index contributed by atoms with van der Waals surface area (Å²) < 4.78 is 5.14. The summed E-state index contributed by atoms with van der Waals surface area (Å²) in [5.74, 6) is 0.957. The maximum Gasteiger partial charge on any atom is 0.295 e. The minimum atomic E-state index is -0.224. The highest BCUT2D eigenvalue weighted by Gasteiger charge is 2.21. The molecule has 1 fully saturated rings. The van der Waals surface area contributed by atoms with Gasteiger partial charge in [0.05, 0.1) is 13.4 Å². The predicted octanol–water partition coefficient (Wildman–Crippen LogP) is 0.311. The Balaban J connectivity index is 2.10. The van der Waals surface area contributed by atoms with Crippen LogP contribution in [-0.2, 0) is 0 Å². The van der Waals surface area contributed by atoms with E-state index in [1.54, 1.807) is 0 Å². The molecule has 0 aliphatic carbocycles. The molecular formula is C12H20N4O2. The van der Waals surface area contributed by atoms with Gasteiger partial charge in [0.25, 0.3) is 5.56 Å². The van der Waals surface area contributed by atoms with Gasteiger partial charge in [-0.2, -0.15) is 0 Å². The Morgan fingerprint density at radius 1 is 1.39 bits per heavy atom. The first-order valence-corrected chi connectivity index (χ1v) is 6.35. The van der Waals surface area contributed by atoms with E-state index in [0.29, 0.717) is 11.6 Å². The molecule has 1 aliphatic rings. The molecule has 1 saturated heterocycles. The van der Waals surface area contributed by atoms with Gasteiger partial charge in [0, 0.05) is 26.2 Å². The molecule has 0 aromatic carbocycles. The van der Waals surface area contributed by atoms with Crippen LogP contribution in [0.4, 0.5) is 5.82 Å². The topological polar surface area (TPSA) is 61.5 Å². The van der Waals surface area contributed by atoms with Gasteiger partial charge in [0.1, 0.15) is 0 Å². The number of nitrogens with one attached hydrogen (secondary N) is 1. The molecule has 1 aromatic rings. The highest BCUT2D eigenvalue weighted by atomic mass is 16.5. The average Bonchev–Trinajstić information content (AvgIpc) is 2.40. The largest absolute Gasteiger partial charge is 0.489 e. The molecule has 0 saturated carbocycles. The fraction of sp³-hybridized carbons (Fsp3) is 0.667. The van der Waals surface area contributed by atoms with E-state index in [0.717, 1.165) is 32.7 Å². The van der Waals surface area contributed by atoms with Crippen LogP contribution in [0.3, 0.4) is 0 Å². The first-order chi connectivity index (χ1) is 8.76. The lowest BCUT2D eigenvalue weighted by Gasteiger charge is -2.35. The van der Waals surface area contributed by atoms with Crippen molar-refractivity contribution in [3.8, 4) is 5.75 Å². The highest BCUT2D eigenvalue weighted by molar-refractivity contribution is 5.50. The Morgan fingerprint density at radius 3 is 2.72 bits per heavy atom. The van der Waals surface area contributed by atoms with Crippen LogP contribution < -0.4 is 15.2 Å². The fourth-order valence-electron chi connectivity index (χ4n) is 2.29. The van der Waals surface area contributed by atoms with E-state index in [2.05, 4.69) is 26.7 Å². The molecule has 18 heavy (non-hydrogen) atoms. The van der Waals surface area contributed by atoms with E-state index < -0.39 is 0 Å². The number of piperazine rings is 1. The molecule has 0 unspecified atom stereocenters. The van der Waals surface area contributed by atoms with Crippen molar-refractivity contribution in [1.82, 2.24) is 14.9 Å². The summed E-state index contributed by atoms with van der Waals surface area (Å²) in [7, 11) is 1.50. The smallest absolute Gasteiger partial charge is 0.295 e. The third-order valence-corrected chi connectivity index (χ3v) is 3.21. The Kier molecular flexibility index (Phi) is 4.19. The number of anilines is 1. The van der Waals surface area contributed by atoms with Crippen LogP contribution in [-0.4, -0.2) is 54.7 Å². The number of hydrogen-bond donors (Lipinski definition) is 1. The second-order valence-corrected chi connectivity index (χ2v) is 4.42. The molecule has 0 radical (unpaired) electrons. The quantitative estimate of drug-likeness (QED) is 0.835. The Labute approximate surface area is 107 Å². The molecule has 0 bridgehead atoms. The number of aromatic nitrogens is 2. The third-order valence-electron chi connectivity index (χ3n) is 3.21. The van der Waals surface area contributed by atoms with Gasteiger partial charge >= 0.3 is 0 Å². The summed E-state index contributed by atoms with van der Waals surface area (Å²) in [6.45, 7) is 7.10. The van der Waals surface area contributed by atoms with E-state index >= 15 is 0 Å². The van der Waals surface area contributed by atoms with E-state index in [1.807, 2.05) is 0 Å². The molecule has 6 heteroatoms. The lowest BCUT2D eigenvalue weighted by atomic mass is 10.3. The fourth-order valence-corrected chi connectivity index (χ4v) is 2.29. The number of ether oxygens (including phenoxy) is 1. The molecule has 100 valence electrons. The summed E-state index contributed by atoms with van der Waals surface area (Å²) >= 11 is 0. The predicted molar refractivity (Wildman–Crippen MR) is 70.4 cm³/mol. The monoisotopic (exact) mass is 252 g/mol. The van der Waals surface area contributed by atoms with Crippen molar-refractivity contribution in [1.29, 1.82) is 0 Å². The maximum absolute atomic E-state index is 11.6. The molecule has 6 nitrogen and oxygen atoms in total. The molecule has 0 atom stereocenters. The molecule has 0 amide bonds. The van der Waals surface area contributed by atoms with Gasteiger partial charge in [-0.3, -0.25) is 9.69 Å². The van der Waals surface area contributed by atoms with Crippen molar-refractivity contribution in [2.24, 2.45) is 0 Å². The molecule has 1 aliphatic heterocycles. The van der Waals surface area contributed by atoms with Crippen molar-refractivity contribution in [2.75, 3.05) is 44.7 Å². The first-order valence-electron chi connectivity index (χ1n) is 6.35. The van der Waals surface area contributed by atoms with Gasteiger partial charge in [-0.1, -0.05) is 6.92 Å². The number of H-pyrrole nitrogens is 1. The number of nitrogens with zero attached hydrogens (tertiary/aromatic N) is 3. The normalized spacial score (nSPS) is 16.9. The number of methoxy groups -OCH3 is 1. The number of hydrogen-bond acceptors (Lipinski definition) is 5. The van der Waals surface area contributed by atoms with Crippen molar-refractivity contribution >= 4 is 5.82 Å². The zero-order valence-corrected chi connectivity index (χ0v) is 11.0. The first kappa shape index (κ1) is 12.9. The molecule has 1 N–H and O–H groups in total. The van der Waals surface area contributed by atoms with E-state index in [9.17, 15) is 4.79 Å². The van der Waals surface area contributed by atoms with Crippen molar-refractivity contribution in [3.05, 3.63) is 16.7 Å². The van der Waals surface area contributed by atoms with E-state index in [-0.39, 0.29) is 5.56 Å². The Morgan fingerprint density at radius 2 is 2.11 bits per heavy atom. The summed E-state index contributed by atoms with van der Waals surface area (Å²) in [6.07, 6.45) is 2.60. The van der Waals surface area contributed by atoms with Crippen LogP contribution in [0.25, 0.3) is 0 Å². The van der Waals surface area contributed by atoms with Crippen LogP contribution >= 0.6 is 0 Å². The summed E-state index contributed by atoms with van der Waals surface area (Å²) in [6, 6.07) is 0. The zero-order chi connectivity index (χ0) is 13.0. The van der Waals surface area contributed by atoms with E-state index in [4.69, 9.17) is 4.74 Å². The van der Waals surface area contributed by atoms with Gasteiger partial charge in [-0.25, -0.2) is 4.98 Å². The Hall–Kier alpha value is -1.56. The minimum absolute atomic E-state index is 0.224. The molecule has 1 aromatic heterocycles. The lowest BCUT2D eigenvalue weighted by molar-refractivity contribution is 0.257. The third kappa shape index (κ3) is 2.64. The lowest BCUT2D eigenvalue weighted by Crippen LogP contribution is -2.47. The zero-order valence-electron chi connectivity index (χ0n) is 11.0. The van der Waals surface area contributed by atoms with Crippen LogP contribution in [0.15, 0.2) is 11.1 Å². The number of aromatic amines is 1. The SMILES string of the molecule is CCCN1CCN(c2nc[nH]c(=O)c2OC)CC1. The average molecular weight is 252 g/mol. The van der Waals surface area contributed by atoms with Crippen LogP contribution in [0.2, 0.25) is 0 Å². The standard InChI is InChI=1S/C12H20N4O2/c1-3-4-15-5-7-16(8-6-15)11-10(18-2)12(17)14-9-13-11/h9H,3-8H2,1-2H3,(H,13,14,17). The van der Waals surface area contributed by atoms with Gasteiger partial charge < -0.3 is 14.6 Å². The Bertz CT molecular complexity index is 438. The van der Waals surface area contributed by atoms with Crippen LogP contribution in [0.5, 0.6) is 5.75 Å².